The Morgan fingerprint density at radius 2 is 1.72 bits per heavy atom. The van der Waals surface area contributed by atoms with Crippen LogP contribution in [0, 0.1) is 20.8 Å². The lowest BCUT2D eigenvalue weighted by Gasteiger charge is -2.14. The van der Waals surface area contributed by atoms with E-state index < -0.39 is 0 Å². The lowest BCUT2D eigenvalue weighted by molar-refractivity contribution is -0.118. The summed E-state index contributed by atoms with van der Waals surface area (Å²) in [6.07, 6.45) is 0. The van der Waals surface area contributed by atoms with Crippen molar-refractivity contribution in [2.24, 2.45) is 0 Å². The number of anilines is 1. The van der Waals surface area contributed by atoms with Gasteiger partial charge in [0.2, 0.25) is 0 Å². The Bertz CT molecular complexity index is 927. The van der Waals surface area contributed by atoms with Crippen LogP contribution in [0.2, 0.25) is 0 Å². The second-order valence-corrected chi connectivity index (χ2v) is 7.00. The standard InChI is InChI=1S/C21H20BrNO2/c1-13-10-14(2)21(15(3)11-13)23-19(24)12-25-18-9-8-16-6-4-5-7-17(16)20(18)22/h4-11H,12H2,1-3H3,(H,23,24). The highest BCUT2D eigenvalue weighted by atomic mass is 79.9. The molecule has 25 heavy (non-hydrogen) atoms. The molecule has 0 atom stereocenters. The monoisotopic (exact) mass is 397 g/mol. The molecule has 0 aliphatic carbocycles. The van der Waals surface area contributed by atoms with Crippen LogP contribution in [0.5, 0.6) is 5.75 Å². The molecule has 128 valence electrons. The Kier molecular flexibility index (Phi) is 5.09. The van der Waals surface area contributed by atoms with E-state index in [9.17, 15) is 4.79 Å². The third-order valence-electron chi connectivity index (χ3n) is 4.13. The van der Waals surface area contributed by atoms with Crippen LogP contribution >= 0.6 is 15.9 Å². The van der Waals surface area contributed by atoms with Crippen molar-refractivity contribution in [1.29, 1.82) is 0 Å². The molecular formula is C21H20BrNO2. The number of nitrogens with one attached hydrogen (secondary N) is 1. The number of ether oxygens (including phenoxy) is 1. The van der Waals surface area contributed by atoms with Crippen LogP contribution in [-0.2, 0) is 4.79 Å². The van der Waals surface area contributed by atoms with Gasteiger partial charge in [0, 0.05) is 5.69 Å². The zero-order chi connectivity index (χ0) is 18.0. The summed E-state index contributed by atoms with van der Waals surface area (Å²) in [4.78, 5) is 12.3. The molecule has 0 radical (unpaired) electrons. The first-order chi connectivity index (χ1) is 12.0. The van der Waals surface area contributed by atoms with Gasteiger partial charge in [-0.25, -0.2) is 0 Å². The lowest BCUT2D eigenvalue weighted by atomic mass is 10.1. The molecule has 0 aliphatic heterocycles. The van der Waals surface area contributed by atoms with Crippen molar-refractivity contribution in [3.63, 3.8) is 0 Å². The number of rotatable bonds is 4. The van der Waals surface area contributed by atoms with Crippen molar-refractivity contribution in [3.8, 4) is 5.75 Å². The Labute approximate surface area is 156 Å². The van der Waals surface area contributed by atoms with Gasteiger partial charge in [0.25, 0.3) is 5.91 Å². The SMILES string of the molecule is Cc1cc(C)c(NC(=O)COc2ccc3ccccc3c2Br)c(C)c1. The third-order valence-corrected chi connectivity index (χ3v) is 4.95. The van der Waals surface area contributed by atoms with Crippen molar-refractivity contribution < 1.29 is 9.53 Å². The Balaban J connectivity index is 1.72. The first kappa shape index (κ1) is 17.5. The van der Waals surface area contributed by atoms with Crippen LogP contribution in [0.4, 0.5) is 5.69 Å². The number of aryl methyl sites for hydroxylation is 3. The maximum absolute atomic E-state index is 12.3. The summed E-state index contributed by atoms with van der Waals surface area (Å²) < 4.78 is 6.59. The molecule has 3 aromatic rings. The summed E-state index contributed by atoms with van der Waals surface area (Å²) in [6, 6.07) is 16.0. The minimum Gasteiger partial charge on any atom is -0.483 e. The fourth-order valence-corrected chi connectivity index (χ4v) is 3.63. The molecule has 0 unspecified atom stereocenters. The Morgan fingerprint density at radius 1 is 1.04 bits per heavy atom. The number of halogens is 1. The fraction of sp³-hybridized carbons (Fsp3) is 0.190. The summed E-state index contributed by atoms with van der Waals surface area (Å²) in [7, 11) is 0. The van der Waals surface area contributed by atoms with E-state index >= 15 is 0 Å². The Hall–Kier alpha value is -2.33. The third kappa shape index (κ3) is 3.85. The first-order valence-corrected chi connectivity index (χ1v) is 8.93. The van der Waals surface area contributed by atoms with Gasteiger partial charge < -0.3 is 10.1 Å². The van der Waals surface area contributed by atoms with Crippen LogP contribution in [0.1, 0.15) is 16.7 Å². The van der Waals surface area contributed by atoms with Crippen molar-refractivity contribution >= 4 is 38.3 Å². The van der Waals surface area contributed by atoms with E-state index in [-0.39, 0.29) is 12.5 Å². The molecule has 0 saturated heterocycles. The average Bonchev–Trinajstić information content (AvgIpc) is 2.58. The molecule has 3 nitrogen and oxygen atoms in total. The normalized spacial score (nSPS) is 10.7. The molecule has 0 bridgehead atoms. The molecule has 0 fully saturated rings. The molecule has 0 aromatic heterocycles. The zero-order valence-electron chi connectivity index (χ0n) is 14.5. The number of amides is 1. The summed E-state index contributed by atoms with van der Waals surface area (Å²) >= 11 is 3.57. The van der Waals surface area contributed by atoms with Crippen molar-refractivity contribution in [2.75, 3.05) is 11.9 Å². The number of carbonyl (C=O) groups excluding carboxylic acids is 1. The maximum atomic E-state index is 12.3. The van der Waals surface area contributed by atoms with Crippen LogP contribution in [0.25, 0.3) is 10.8 Å². The van der Waals surface area contributed by atoms with Crippen LogP contribution in [-0.4, -0.2) is 12.5 Å². The Morgan fingerprint density at radius 3 is 2.44 bits per heavy atom. The van der Waals surface area contributed by atoms with E-state index in [0.29, 0.717) is 5.75 Å². The van der Waals surface area contributed by atoms with Crippen molar-refractivity contribution in [2.45, 2.75) is 20.8 Å². The smallest absolute Gasteiger partial charge is 0.262 e. The van der Waals surface area contributed by atoms with Crippen molar-refractivity contribution in [3.05, 3.63) is 69.7 Å². The molecule has 3 aromatic carbocycles. The van der Waals surface area contributed by atoms with Crippen LogP contribution in [0.15, 0.2) is 53.0 Å². The van der Waals surface area contributed by atoms with Gasteiger partial charge in [0.1, 0.15) is 5.75 Å². The largest absolute Gasteiger partial charge is 0.483 e. The number of fused-ring (bicyclic) bond motifs is 1. The average molecular weight is 398 g/mol. The molecule has 0 aliphatic rings. The number of carbonyl (C=O) groups is 1. The minimum absolute atomic E-state index is 0.0380. The number of hydrogen-bond donors (Lipinski definition) is 1. The second-order valence-electron chi connectivity index (χ2n) is 6.21. The number of benzene rings is 3. The molecular weight excluding hydrogens is 378 g/mol. The van der Waals surface area contributed by atoms with Crippen LogP contribution in [0.3, 0.4) is 0 Å². The van der Waals surface area contributed by atoms with Crippen molar-refractivity contribution in [1.82, 2.24) is 0 Å². The van der Waals surface area contributed by atoms with E-state index in [1.54, 1.807) is 0 Å². The highest BCUT2D eigenvalue weighted by Gasteiger charge is 2.11. The first-order valence-electron chi connectivity index (χ1n) is 8.13. The van der Waals surface area contributed by atoms with Gasteiger partial charge in [-0.3, -0.25) is 4.79 Å². The van der Waals surface area contributed by atoms with E-state index in [1.165, 1.54) is 5.56 Å². The topological polar surface area (TPSA) is 38.3 Å². The summed E-state index contributed by atoms with van der Waals surface area (Å²) in [5.41, 5.74) is 4.15. The fourth-order valence-electron chi connectivity index (χ4n) is 3.02. The molecule has 4 heteroatoms. The predicted octanol–water partition coefficient (Wildman–Crippen LogP) is 5.55. The molecule has 0 spiro atoms. The van der Waals surface area contributed by atoms with Gasteiger partial charge in [-0.1, -0.05) is 48.0 Å². The quantitative estimate of drug-likeness (QED) is 0.626. The second kappa shape index (κ2) is 7.28. The molecule has 1 amide bonds. The molecule has 0 heterocycles. The van der Waals surface area contributed by atoms with Gasteiger partial charge in [-0.15, -0.1) is 0 Å². The lowest BCUT2D eigenvalue weighted by Crippen LogP contribution is -2.21. The highest BCUT2D eigenvalue weighted by molar-refractivity contribution is 9.10. The van der Waals surface area contributed by atoms with E-state index in [1.807, 2.05) is 57.2 Å². The predicted molar refractivity (Wildman–Crippen MR) is 106 cm³/mol. The van der Waals surface area contributed by atoms with E-state index in [2.05, 4.69) is 33.4 Å². The van der Waals surface area contributed by atoms with Gasteiger partial charge in [0.05, 0.1) is 4.47 Å². The van der Waals surface area contributed by atoms with Gasteiger partial charge >= 0.3 is 0 Å². The molecule has 0 saturated carbocycles. The van der Waals surface area contributed by atoms with Gasteiger partial charge in [0.15, 0.2) is 6.61 Å². The molecule has 3 rings (SSSR count). The molecule has 1 N–H and O–H groups in total. The van der Waals surface area contributed by atoms with E-state index in [0.717, 1.165) is 32.1 Å². The summed E-state index contributed by atoms with van der Waals surface area (Å²) in [6.45, 7) is 6.00. The van der Waals surface area contributed by atoms with Gasteiger partial charge in [-0.05, 0) is 64.7 Å². The number of hydrogen-bond acceptors (Lipinski definition) is 2. The summed E-state index contributed by atoms with van der Waals surface area (Å²) in [5, 5.41) is 5.14. The van der Waals surface area contributed by atoms with Crippen LogP contribution < -0.4 is 10.1 Å². The zero-order valence-corrected chi connectivity index (χ0v) is 16.1. The maximum Gasteiger partial charge on any atom is 0.262 e. The van der Waals surface area contributed by atoms with E-state index in [4.69, 9.17) is 4.74 Å². The highest BCUT2D eigenvalue weighted by Crippen LogP contribution is 2.33. The minimum atomic E-state index is -0.171. The van der Waals surface area contributed by atoms with Gasteiger partial charge in [-0.2, -0.15) is 0 Å². The summed E-state index contributed by atoms with van der Waals surface area (Å²) in [5.74, 6) is 0.487.